The van der Waals surface area contributed by atoms with Crippen LogP contribution in [-0.2, 0) is 4.79 Å². The van der Waals surface area contributed by atoms with E-state index in [1.807, 2.05) is 49.4 Å². The van der Waals surface area contributed by atoms with Gasteiger partial charge in [0.15, 0.2) is 0 Å². The first-order valence-electron chi connectivity index (χ1n) is 7.20. The van der Waals surface area contributed by atoms with Crippen LogP contribution in [0, 0.1) is 6.92 Å². The van der Waals surface area contributed by atoms with Crippen molar-refractivity contribution < 1.29 is 4.79 Å². The van der Waals surface area contributed by atoms with E-state index in [1.54, 1.807) is 6.08 Å². The lowest BCUT2D eigenvalue weighted by Crippen LogP contribution is -2.07. The molecular weight excluding hydrogens is 258 g/mol. The molecule has 108 valence electrons. The summed E-state index contributed by atoms with van der Waals surface area (Å²) in [6.07, 6.45) is 3.39. The van der Waals surface area contributed by atoms with E-state index in [0.717, 1.165) is 16.8 Å². The summed E-state index contributed by atoms with van der Waals surface area (Å²) in [6.45, 7) is 6.34. The Kier molecular flexibility index (Phi) is 4.94. The van der Waals surface area contributed by atoms with Gasteiger partial charge in [0.1, 0.15) is 0 Å². The van der Waals surface area contributed by atoms with Crippen molar-refractivity contribution in [2.75, 3.05) is 5.32 Å². The molecule has 0 unspecified atom stereocenters. The monoisotopic (exact) mass is 279 g/mol. The first-order chi connectivity index (χ1) is 10.0. The molecule has 2 heteroatoms. The Bertz CT molecular complexity index is 639. The molecule has 0 atom stereocenters. The Morgan fingerprint density at radius 1 is 1.10 bits per heavy atom. The lowest BCUT2D eigenvalue weighted by molar-refractivity contribution is -0.111. The Balaban J connectivity index is 1.98. The molecule has 1 amide bonds. The summed E-state index contributed by atoms with van der Waals surface area (Å²) < 4.78 is 0. The number of amides is 1. The van der Waals surface area contributed by atoms with Gasteiger partial charge in [-0.3, -0.25) is 4.79 Å². The summed E-state index contributed by atoms with van der Waals surface area (Å²) in [7, 11) is 0. The summed E-state index contributed by atoms with van der Waals surface area (Å²) in [5, 5.41) is 2.86. The summed E-state index contributed by atoms with van der Waals surface area (Å²) in [4.78, 5) is 11.9. The van der Waals surface area contributed by atoms with Gasteiger partial charge in [0.05, 0.1) is 0 Å². The van der Waals surface area contributed by atoms with Crippen molar-refractivity contribution in [1.29, 1.82) is 0 Å². The molecule has 0 spiro atoms. The van der Waals surface area contributed by atoms with Gasteiger partial charge in [-0.2, -0.15) is 0 Å². The van der Waals surface area contributed by atoms with E-state index in [2.05, 4.69) is 31.3 Å². The predicted octanol–water partition coefficient (Wildman–Crippen LogP) is 4.77. The number of nitrogens with one attached hydrogen (secondary N) is 1. The highest BCUT2D eigenvalue weighted by atomic mass is 16.1. The van der Waals surface area contributed by atoms with Crippen molar-refractivity contribution in [2.24, 2.45) is 0 Å². The fourth-order valence-corrected chi connectivity index (χ4v) is 2.07. The van der Waals surface area contributed by atoms with Gasteiger partial charge in [-0.1, -0.05) is 50.2 Å². The average molecular weight is 279 g/mol. The summed E-state index contributed by atoms with van der Waals surface area (Å²) in [5.74, 6) is 0.404. The molecule has 21 heavy (non-hydrogen) atoms. The quantitative estimate of drug-likeness (QED) is 0.802. The average Bonchev–Trinajstić information content (AvgIpc) is 2.45. The molecule has 2 aromatic carbocycles. The Hall–Kier alpha value is -2.35. The van der Waals surface area contributed by atoms with Crippen LogP contribution in [0.1, 0.15) is 36.5 Å². The van der Waals surface area contributed by atoms with Gasteiger partial charge in [0.2, 0.25) is 5.91 Å². The van der Waals surface area contributed by atoms with Crippen molar-refractivity contribution in [1.82, 2.24) is 0 Å². The molecule has 2 rings (SSSR count). The maximum Gasteiger partial charge on any atom is 0.248 e. The molecule has 2 aromatic rings. The minimum absolute atomic E-state index is 0.117. The Morgan fingerprint density at radius 3 is 2.43 bits per heavy atom. The van der Waals surface area contributed by atoms with Gasteiger partial charge in [0, 0.05) is 11.8 Å². The summed E-state index contributed by atoms with van der Waals surface area (Å²) in [5.41, 5.74) is 4.27. The topological polar surface area (TPSA) is 29.1 Å². The number of benzene rings is 2. The van der Waals surface area contributed by atoms with Crippen LogP contribution in [-0.4, -0.2) is 5.91 Å². The van der Waals surface area contributed by atoms with Crippen molar-refractivity contribution in [2.45, 2.75) is 26.7 Å². The molecule has 0 aromatic heterocycles. The zero-order valence-electron chi connectivity index (χ0n) is 12.8. The molecule has 0 radical (unpaired) electrons. The molecule has 0 fully saturated rings. The largest absolute Gasteiger partial charge is 0.323 e. The lowest BCUT2D eigenvalue weighted by atomic mass is 10.0. The molecule has 0 saturated carbocycles. The number of carbonyl (C=O) groups excluding carboxylic acids is 1. The third-order valence-corrected chi connectivity index (χ3v) is 3.32. The second-order valence-electron chi connectivity index (χ2n) is 5.51. The molecular formula is C19H21NO. The second kappa shape index (κ2) is 6.89. The molecule has 0 heterocycles. The third-order valence-electron chi connectivity index (χ3n) is 3.32. The van der Waals surface area contributed by atoms with Crippen LogP contribution in [0.5, 0.6) is 0 Å². The van der Waals surface area contributed by atoms with Gasteiger partial charge in [-0.15, -0.1) is 0 Å². The van der Waals surface area contributed by atoms with Crippen LogP contribution in [0.15, 0.2) is 54.6 Å². The molecule has 0 saturated heterocycles. The van der Waals surface area contributed by atoms with E-state index >= 15 is 0 Å². The standard InChI is InChI=1S/C19H21NO/c1-14(2)17-10-7-16(8-11-17)9-12-19(21)20-18-6-4-5-15(3)13-18/h4-14H,1-3H3,(H,20,21)/b12-9+. The van der Waals surface area contributed by atoms with Crippen LogP contribution >= 0.6 is 0 Å². The number of anilines is 1. The van der Waals surface area contributed by atoms with Crippen LogP contribution in [0.2, 0.25) is 0 Å². The van der Waals surface area contributed by atoms with E-state index in [1.165, 1.54) is 5.56 Å². The zero-order chi connectivity index (χ0) is 15.2. The number of hydrogen-bond acceptors (Lipinski definition) is 1. The molecule has 0 bridgehead atoms. The van der Waals surface area contributed by atoms with Gasteiger partial charge in [-0.25, -0.2) is 0 Å². The van der Waals surface area contributed by atoms with Gasteiger partial charge >= 0.3 is 0 Å². The predicted molar refractivity (Wildman–Crippen MR) is 89.4 cm³/mol. The summed E-state index contributed by atoms with van der Waals surface area (Å²) in [6, 6.07) is 16.0. The molecule has 0 aliphatic carbocycles. The van der Waals surface area contributed by atoms with E-state index in [-0.39, 0.29) is 5.91 Å². The molecule has 0 aliphatic heterocycles. The number of aryl methyl sites for hydroxylation is 1. The van der Waals surface area contributed by atoms with Crippen LogP contribution in [0.25, 0.3) is 6.08 Å². The van der Waals surface area contributed by atoms with Crippen molar-refractivity contribution in [3.8, 4) is 0 Å². The SMILES string of the molecule is Cc1cccc(NC(=O)/C=C/c2ccc(C(C)C)cc2)c1. The Morgan fingerprint density at radius 2 is 1.81 bits per heavy atom. The van der Waals surface area contributed by atoms with Crippen LogP contribution in [0.4, 0.5) is 5.69 Å². The maximum absolute atomic E-state index is 11.9. The number of hydrogen-bond donors (Lipinski definition) is 1. The Labute approximate surface area is 126 Å². The number of carbonyl (C=O) groups is 1. The summed E-state index contributed by atoms with van der Waals surface area (Å²) >= 11 is 0. The highest BCUT2D eigenvalue weighted by Gasteiger charge is 1.99. The van der Waals surface area contributed by atoms with Crippen LogP contribution < -0.4 is 5.32 Å². The van der Waals surface area contributed by atoms with Crippen molar-refractivity contribution in [3.05, 3.63) is 71.3 Å². The first kappa shape index (κ1) is 15.0. The van der Waals surface area contributed by atoms with Crippen molar-refractivity contribution >= 4 is 17.7 Å². The molecule has 0 aliphatic rings. The van der Waals surface area contributed by atoms with E-state index in [0.29, 0.717) is 5.92 Å². The minimum atomic E-state index is -0.117. The molecule has 2 nitrogen and oxygen atoms in total. The zero-order valence-corrected chi connectivity index (χ0v) is 12.8. The number of rotatable bonds is 4. The normalized spacial score (nSPS) is 11.0. The van der Waals surface area contributed by atoms with Crippen LogP contribution in [0.3, 0.4) is 0 Å². The maximum atomic E-state index is 11.9. The molecule has 1 N–H and O–H groups in total. The van der Waals surface area contributed by atoms with E-state index < -0.39 is 0 Å². The highest BCUT2D eigenvalue weighted by Crippen LogP contribution is 2.15. The van der Waals surface area contributed by atoms with Gasteiger partial charge in [-0.05, 0) is 47.7 Å². The van der Waals surface area contributed by atoms with Gasteiger partial charge in [0.25, 0.3) is 0 Å². The lowest BCUT2D eigenvalue weighted by Gasteiger charge is -2.05. The minimum Gasteiger partial charge on any atom is -0.323 e. The van der Waals surface area contributed by atoms with Gasteiger partial charge < -0.3 is 5.32 Å². The fourth-order valence-electron chi connectivity index (χ4n) is 2.07. The smallest absolute Gasteiger partial charge is 0.248 e. The fraction of sp³-hybridized carbons (Fsp3) is 0.211. The second-order valence-corrected chi connectivity index (χ2v) is 5.51. The first-order valence-corrected chi connectivity index (χ1v) is 7.20. The highest BCUT2D eigenvalue weighted by molar-refractivity contribution is 6.01. The van der Waals surface area contributed by atoms with Crippen molar-refractivity contribution in [3.63, 3.8) is 0 Å². The third kappa shape index (κ3) is 4.60. The van der Waals surface area contributed by atoms with E-state index in [9.17, 15) is 4.79 Å². The van der Waals surface area contributed by atoms with E-state index in [4.69, 9.17) is 0 Å².